The molecule has 0 aliphatic heterocycles. The molecular weight excluding hydrogens is 260 g/mol. The lowest BCUT2D eigenvalue weighted by Gasteiger charge is -2.16. The maximum Gasteiger partial charge on any atom is 0.319 e. The second-order valence-electron chi connectivity index (χ2n) is 4.75. The van der Waals surface area contributed by atoms with Crippen LogP contribution in [-0.4, -0.2) is 26.3 Å². The molecule has 0 fully saturated rings. The van der Waals surface area contributed by atoms with E-state index in [1.807, 2.05) is 30.3 Å². The van der Waals surface area contributed by atoms with Crippen LogP contribution in [0.2, 0.25) is 0 Å². The lowest BCUT2D eigenvalue weighted by Crippen LogP contribution is -2.31. The molecule has 0 radical (unpaired) electrons. The van der Waals surface area contributed by atoms with Gasteiger partial charge in [0.2, 0.25) is 0 Å². The molecule has 0 heterocycles. The lowest BCUT2D eigenvalue weighted by molar-refractivity contribution is -0.136. The van der Waals surface area contributed by atoms with Gasteiger partial charge in [-0.15, -0.1) is 0 Å². The van der Waals surface area contributed by atoms with E-state index in [1.54, 1.807) is 0 Å². The normalized spacial score (nSPS) is 14.3. The molecule has 4 heteroatoms. The van der Waals surface area contributed by atoms with Gasteiger partial charge < -0.3 is 5.11 Å². The van der Waals surface area contributed by atoms with Crippen LogP contribution in [0.3, 0.4) is 0 Å². The van der Waals surface area contributed by atoms with Crippen molar-refractivity contribution in [3.8, 4) is 0 Å². The molecule has 19 heavy (non-hydrogen) atoms. The highest BCUT2D eigenvalue weighted by Gasteiger charge is 2.26. The molecular formula is C15H22O3S. The average molecular weight is 282 g/mol. The molecule has 0 aliphatic carbocycles. The Bertz CT molecular complexity index is 413. The number of aliphatic carboxylic acids is 1. The maximum atomic E-state index is 12.2. The molecule has 0 bridgehead atoms. The fourth-order valence-electron chi connectivity index (χ4n) is 1.99. The minimum Gasteiger partial charge on any atom is -0.480 e. The first kappa shape index (κ1) is 15.9. The van der Waals surface area contributed by atoms with Gasteiger partial charge in [-0.2, -0.15) is 0 Å². The summed E-state index contributed by atoms with van der Waals surface area (Å²) >= 11 is 0. The Balaban J connectivity index is 2.72. The Morgan fingerprint density at radius 1 is 1.21 bits per heavy atom. The predicted octanol–water partition coefficient (Wildman–Crippen LogP) is 2.87. The third kappa shape index (κ3) is 5.15. The standard InChI is InChI=1S/C15H22O3S/c1-3-12(4-2)11-19(18)14(15(16)17)10-13-8-6-5-7-9-13/h5-9,12,14H,3-4,10-11H2,1-2H3,(H,16,17). The van der Waals surface area contributed by atoms with Gasteiger partial charge in [0.1, 0.15) is 5.25 Å². The van der Waals surface area contributed by atoms with Crippen molar-refractivity contribution in [1.82, 2.24) is 0 Å². The van der Waals surface area contributed by atoms with E-state index in [0.29, 0.717) is 18.1 Å². The van der Waals surface area contributed by atoms with Crippen LogP contribution < -0.4 is 0 Å². The van der Waals surface area contributed by atoms with Crippen molar-refractivity contribution in [2.45, 2.75) is 38.4 Å². The van der Waals surface area contributed by atoms with Crippen molar-refractivity contribution < 1.29 is 14.1 Å². The molecule has 3 nitrogen and oxygen atoms in total. The lowest BCUT2D eigenvalue weighted by atomic mass is 10.1. The molecule has 1 aromatic carbocycles. The first-order chi connectivity index (χ1) is 9.08. The summed E-state index contributed by atoms with van der Waals surface area (Å²) in [6.45, 7) is 4.11. The largest absolute Gasteiger partial charge is 0.480 e. The number of carboxylic acids is 1. The van der Waals surface area contributed by atoms with Crippen molar-refractivity contribution in [2.24, 2.45) is 5.92 Å². The zero-order valence-electron chi connectivity index (χ0n) is 11.5. The molecule has 0 spiro atoms. The highest BCUT2D eigenvalue weighted by atomic mass is 32.2. The van der Waals surface area contributed by atoms with Gasteiger partial charge in [0.15, 0.2) is 0 Å². The molecule has 2 unspecified atom stereocenters. The minimum absolute atomic E-state index is 0.336. The molecule has 1 rings (SSSR count). The summed E-state index contributed by atoms with van der Waals surface area (Å²) in [6, 6.07) is 9.39. The second-order valence-corrected chi connectivity index (χ2v) is 6.41. The molecule has 0 aliphatic rings. The predicted molar refractivity (Wildman–Crippen MR) is 78.7 cm³/mol. The fourth-order valence-corrected chi connectivity index (χ4v) is 3.77. The van der Waals surface area contributed by atoms with Crippen LogP contribution >= 0.6 is 0 Å². The average Bonchev–Trinajstić information content (AvgIpc) is 2.42. The summed E-state index contributed by atoms with van der Waals surface area (Å²) in [5, 5.41) is 8.47. The van der Waals surface area contributed by atoms with Crippen LogP contribution in [-0.2, 0) is 22.0 Å². The van der Waals surface area contributed by atoms with Crippen LogP contribution in [0, 0.1) is 5.92 Å². The van der Waals surface area contributed by atoms with E-state index in [4.69, 9.17) is 0 Å². The number of benzene rings is 1. The second kappa shape index (κ2) is 8.10. The number of rotatable bonds is 8. The topological polar surface area (TPSA) is 54.4 Å². The number of hydrogen-bond acceptors (Lipinski definition) is 2. The summed E-state index contributed by atoms with van der Waals surface area (Å²) < 4.78 is 12.2. The molecule has 1 aromatic rings. The van der Waals surface area contributed by atoms with E-state index in [9.17, 15) is 14.1 Å². The summed E-state index contributed by atoms with van der Waals surface area (Å²) in [5.74, 6) is -0.136. The third-order valence-corrected chi connectivity index (χ3v) is 5.21. The van der Waals surface area contributed by atoms with E-state index in [0.717, 1.165) is 18.4 Å². The van der Waals surface area contributed by atoms with E-state index in [2.05, 4.69) is 13.8 Å². The smallest absolute Gasteiger partial charge is 0.319 e. The summed E-state index contributed by atoms with van der Waals surface area (Å²) in [6.07, 6.45) is 2.22. The van der Waals surface area contributed by atoms with Crippen LogP contribution in [0.4, 0.5) is 0 Å². The van der Waals surface area contributed by atoms with E-state index < -0.39 is 22.0 Å². The van der Waals surface area contributed by atoms with Gasteiger partial charge in [0.05, 0.1) is 0 Å². The van der Waals surface area contributed by atoms with Crippen molar-refractivity contribution in [3.05, 3.63) is 35.9 Å². The number of carbonyl (C=O) groups is 1. The highest BCUT2D eigenvalue weighted by Crippen LogP contribution is 2.15. The summed E-state index contributed by atoms with van der Waals surface area (Å²) in [4.78, 5) is 11.3. The molecule has 0 saturated heterocycles. The van der Waals surface area contributed by atoms with Gasteiger partial charge in [-0.25, -0.2) is 0 Å². The number of hydrogen-bond donors (Lipinski definition) is 1. The highest BCUT2D eigenvalue weighted by molar-refractivity contribution is 7.86. The SMILES string of the molecule is CCC(CC)CS(=O)C(Cc1ccccc1)C(=O)O. The first-order valence-electron chi connectivity index (χ1n) is 6.72. The van der Waals surface area contributed by atoms with E-state index in [-0.39, 0.29) is 0 Å². The van der Waals surface area contributed by atoms with Gasteiger partial charge in [-0.1, -0.05) is 57.0 Å². The van der Waals surface area contributed by atoms with Gasteiger partial charge in [-0.05, 0) is 17.9 Å². The minimum atomic E-state index is -1.32. The fraction of sp³-hybridized carbons (Fsp3) is 0.533. The molecule has 0 saturated carbocycles. The van der Waals surface area contributed by atoms with Crippen LogP contribution in [0.5, 0.6) is 0 Å². The van der Waals surface area contributed by atoms with Crippen LogP contribution in [0.15, 0.2) is 30.3 Å². The Hall–Kier alpha value is -1.16. The van der Waals surface area contributed by atoms with Gasteiger partial charge >= 0.3 is 5.97 Å². The van der Waals surface area contributed by atoms with Crippen molar-refractivity contribution in [2.75, 3.05) is 5.75 Å². The first-order valence-corrected chi connectivity index (χ1v) is 8.10. The Morgan fingerprint density at radius 3 is 2.26 bits per heavy atom. The summed E-state index contributed by atoms with van der Waals surface area (Å²) in [7, 11) is -1.32. The summed E-state index contributed by atoms with van der Waals surface area (Å²) in [5.41, 5.74) is 0.924. The van der Waals surface area contributed by atoms with Crippen LogP contribution in [0.25, 0.3) is 0 Å². The number of carboxylic acid groups (broad SMARTS) is 1. The monoisotopic (exact) mass is 282 g/mol. The Morgan fingerprint density at radius 2 is 1.79 bits per heavy atom. The van der Waals surface area contributed by atoms with Crippen molar-refractivity contribution in [3.63, 3.8) is 0 Å². The van der Waals surface area contributed by atoms with Gasteiger partial charge in [-0.3, -0.25) is 9.00 Å². The Kier molecular flexibility index (Phi) is 6.78. The zero-order valence-corrected chi connectivity index (χ0v) is 12.4. The molecule has 106 valence electrons. The molecule has 1 N–H and O–H groups in total. The van der Waals surface area contributed by atoms with Crippen molar-refractivity contribution in [1.29, 1.82) is 0 Å². The quantitative estimate of drug-likeness (QED) is 0.797. The maximum absolute atomic E-state index is 12.2. The third-order valence-electron chi connectivity index (χ3n) is 3.41. The van der Waals surface area contributed by atoms with Gasteiger partial charge in [0, 0.05) is 16.6 Å². The van der Waals surface area contributed by atoms with Gasteiger partial charge in [0.25, 0.3) is 0 Å². The van der Waals surface area contributed by atoms with E-state index >= 15 is 0 Å². The Labute approximate surface area is 117 Å². The molecule has 2 atom stereocenters. The zero-order chi connectivity index (χ0) is 14.3. The molecule has 0 amide bonds. The van der Waals surface area contributed by atoms with Crippen LogP contribution in [0.1, 0.15) is 32.3 Å². The van der Waals surface area contributed by atoms with E-state index in [1.165, 1.54) is 0 Å². The van der Waals surface area contributed by atoms with Crippen molar-refractivity contribution >= 4 is 16.8 Å². The molecule has 0 aromatic heterocycles.